The highest BCUT2D eigenvalue weighted by molar-refractivity contribution is 7.23. The Kier molecular flexibility index (Phi) is 2.65. The first-order chi connectivity index (χ1) is 11.3. The lowest BCUT2D eigenvalue weighted by atomic mass is 10.2. The molecule has 23 heavy (non-hydrogen) atoms. The summed E-state index contributed by atoms with van der Waals surface area (Å²) in [4.78, 5) is 15.5. The molecule has 110 valence electrons. The number of para-hydroxylation sites is 2. The first kappa shape index (κ1) is 12.9. The van der Waals surface area contributed by atoms with Gasteiger partial charge in [0.05, 0.1) is 16.1 Å². The first-order valence-corrected chi connectivity index (χ1v) is 8.16. The molecule has 5 rings (SSSR count). The summed E-state index contributed by atoms with van der Waals surface area (Å²) in [6.45, 7) is 0. The lowest BCUT2D eigenvalue weighted by molar-refractivity contribution is 1.00. The fourth-order valence-corrected chi connectivity index (χ4v) is 3.63. The molecule has 3 aromatic heterocycles. The largest absolute Gasteiger partial charge is 0.232 e. The summed E-state index contributed by atoms with van der Waals surface area (Å²) in [5.74, 6) is 0.596. The van der Waals surface area contributed by atoms with Crippen molar-refractivity contribution < 1.29 is 0 Å². The van der Waals surface area contributed by atoms with E-state index in [2.05, 4.69) is 20.1 Å². The predicted octanol–water partition coefficient (Wildman–Crippen LogP) is 4.21. The van der Waals surface area contributed by atoms with Crippen LogP contribution in [0.1, 0.15) is 0 Å². The van der Waals surface area contributed by atoms with Gasteiger partial charge in [-0.2, -0.15) is 9.50 Å². The molecule has 0 amide bonds. The standard InChI is InChI=1S/C16H8ClN5S/c17-10-6-2-1-5-9(10)13-20-16-22(21-13)14-15(23-16)19-12-8-4-3-7-11(12)18-14/h1-8H. The van der Waals surface area contributed by atoms with Crippen LogP contribution in [0.4, 0.5) is 0 Å². The second-order valence-corrected chi connectivity index (χ2v) is 6.42. The van der Waals surface area contributed by atoms with Gasteiger partial charge in [0.15, 0.2) is 16.3 Å². The SMILES string of the molecule is Clc1ccccc1-c1nc2sc3nc4ccccc4nc3n2n1. The molecular formula is C16H8ClN5S. The second-order valence-electron chi connectivity index (χ2n) is 5.05. The summed E-state index contributed by atoms with van der Waals surface area (Å²) in [6, 6.07) is 15.3. The Morgan fingerprint density at radius 1 is 0.870 bits per heavy atom. The van der Waals surface area contributed by atoms with Crippen molar-refractivity contribution in [2.45, 2.75) is 0 Å². The molecule has 0 N–H and O–H groups in total. The average molecular weight is 338 g/mol. The fraction of sp³-hybridized carbons (Fsp3) is 0. The van der Waals surface area contributed by atoms with Crippen molar-refractivity contribution in [1.82, 2.24) is 24.6 Å². The van der Waals surface area contributed by atoms with E-state index in [0.717, 1.165) is 32.0 Å². The third-order valence-corrected chi connectivity index (χ3v) is 4.85. The minimum Gasteiger partial charge on any atom is -0.232 e. The number of aromatic nitrogens is 5. The molecule has 0 aliphatic carbocycles. The van der Waals surface area contributed by atoms with Crippen LogP contribution >= 0.6 is 22.9 Å². The van der Waals surface area contributed by atoms with Gasteiger partial charge in [-0.15, -0.1) is 5.10 Å². The van der Waals surface area contributed by atoms with Crippen molar-refractivity contribution in [3.05, 3.63) is 53.6 Å². The monoisotopic (exact) mass is 337 g/mol. The van der Waals surface area contributed by atoms with Gasteiger partial charge in [0, 0.05) is 5.56 Å². The number of hydrogen-bond acceptors (Lipinski definition) is 5. The van der Waals surface area contributed by atoms with E-state index < -0.39 is 0 Å². The molecule has 0 saturated heterocycles. The van der Waals surface area contributed by atoms with Gasteiger partial charge in [-0.1, -0.05) is 47.2 Å². The Balaban J connectivity index is 1.81. The van der Waals surface area contributed by atoms with Crippen LogP contribution in [0.25, 0.3) is 37.9 Å². The number of rotatable bonds is 1. The Morgan fingerprint density at radius 2 is 1.61 bits per heavy atom. The highest BCUT2D eigenvalue weighted by atomic mass is 35.5. The van der Waals surface area contributed by atoms with E-state index in [1.54, 1.807) is 4.52 Å². The fourth-order valence-electron chi connectivity index (χ4n) is 2.53. The molecule has 0 spiro atoms. The normalized spacial score (nSPS) is 11.7. The maximum atomic E-state index is 6.24. The Hall–Kier alpha value is -2.57. The van der Waals surface area contributed by atoms with Gasteiger partial charge in [0.25, 0.3) is 0 Å². The highest BCUT2D eigenvalue weighted by Gasteiger charge is 2.16. The maximum absolute atomic E-state index is 6.24. The lowest BCUT2D eigenvalue weighted by Gasteiger charge is -1.98. The van der Waals surface area contributed by atoms with Crippen molar-refractivity contribution in [2.75, 3.05) is 0 Å². The summed E-state index contributed by atoms with van der Waals surface area (Å²) < 4.78 is 1.73. The highest BCUT2D eigenvalue weighted by Crippen LogP contribution is 2.29. The van der Waals surface area contributed by atoms with Gasteiger partial charge in [0.1, 0.15) is 0 Å². The van der Waals surface area contributed by atoms with Crippen molar-refractivity contribution in [1.29, 1.82) is 0 Å². The number of hydrogen-bond donors (Lipinski definition) is 0. The summed E-state index contributed by atoms with van der Waals surface area (Å²) in [6.07, 6.45) is 0. The molecular weight excluding hydrogens is 330 g/mol. The van der Waals surface area contributed by atoms with E-state index in [1.807, 2.05) is 48.5 Å². The number of thiazole rings is 1. The molecule has 0 saturated carbocycles. The van der Waals surface area contributed by atoms with Gasteiger partial charge in [-0.25, -0.2) is 9.97 Å². The second kappa shape index (κ2) is 4.71. The van der Waals surface area contributed by atoms with Crippen LogP contribution in [0.15, 0.2) is 48.5 Å². The number of halogens is 1. The Bertz CT molecular complexity index is 1190. The van der Waals surface area contributed by atoms with Gasteiger partial charge < -0.3 is 0 Å². The summed E-state index contributed by atoms with van der Waals surface area (Å²) >= 11 is 7.71. The number of nitrogens with zero attached hydrogens (tertiary/aromatic N) is 5. The predicted molar refractivity (Wildman–Crippen MR) is 91.9 cm³/mol. The van der Waals surface area contributed by atoms with Crippen LogP contribution in [-0.4, -0.2) is 24.6 Å². The smallest absolute Gasteiger partial charge is 0.216 e. The van der Waals surface area contributed by atoms with Crippen LogP contribution in [0, 0.1) is 0 Å². The summed E-state index contributed by atoms with van der Waals surface area (Å²) in [5.41, 5.74) is 3.24. The molecule has 5 nitrogen and oxygen atoms in total. The van der Waals surface area contributed by atoms with Crippen molar-refractivity contribution in [3.8, 4) is 11.4 Å². The Morgan fingerprint density at radius 3 is 2.43 bits per heavy atom. The summed E-state index contributed by atoms with van der Waals surface area (Å²) in [7, 11) is 0. The van der Waals surface area contributed by atoms with E-state index in [4.69, 9.17) is 11.6 Å². The number of benzene rings is 2. The van der Waals surface area contributed by atoms with Crippen LogP contribution in [0.5, 0.6) is 0 Å². The van der Waals surface area contributed by atoms with Crippen LogP contribution in [-0.2, 0) is 0 Å². The third kappa shape index (κ3) is 1.92. The van der Waals surface area contributed by atoms with Crippen molar-refractivity contribution in [2.24, 2.45) is 0 Å². The minimum absolute atomic E-state index is 0.596. The van der Waals surface area contributed by atoms with Crippen LogP contribution in [0.3, 0.4) is 0 Å². The van der Waals surface area contributed by atoms with Gasteiger partial charge in [0.2, 0.25) is 4.96 Å². The number of fused-ring (bicyclic) bond motifs is 4. The quantitative estimate of drug-likeness (QED) is 0.460. The lowest BCUT2D eigenvalue weighted by Crippen LogP contribution is -1.91. The van der Waals surface area contributed by atoms with E-state index in [0.29, 0.717) is 10.8 Å². The molecule has 3 heterocycles. The van der Waals surface area contributed by atoms with Gasteiger partial charge in [-0.3, -0.25) is 0 Å². The molecule has 0 bridgehead atoms. The zero-order chi connectivity index (χ0) is 15.4. The van der Waals surface area contributed by atoms with E-state index in [1.165, 1.54) is 11.3 Å². The van der Waals surface area contributed by atoms with Crippen LogP contribution in [0.2, 0.25) is 5.02 Å². The van der Waals surface area contributed by atoms with Crippen LogP contribution < -0.4 is 0 Å². The molecule has 0 radical (unpaired) electrons. The van der Waals surface area contributed by atoms with Gasteiger partial charge in [-0.05, 0) is 24.3 Å². The van der Waals surface area contributed by atoms with E-state index in [9.17, 15) is 0 Å². The Labute approximate surface area is 139 Å². The molecule has 0 aliphatic heterocycles. The average Bonchev–Trinajstić information content (AvgIpc) is 3.11. The maximum Gasteiger partial charge on any atom is 0.216 e. The zero-order valence-corrected chi connectivity index (χ0v) is 13.2. The third-order valence-electron chi connectivity index (χ3n) is 3.60. The zero-order valence-electron chi connectivity index (χ0n) is 11.6. The first-order valence-electron chi connectivity index (χ1n) is 6.96. The van der Waals surface area contributed by atoms with E-state index in [-0.39, 0.29) is 0 Å². The molecule has 0 unspecified atom stereocenters. The molecule has 0 fully saturated rings. The van der Waals surface area contributed by atoms with E-state index >= 15 is 0 Å². The molecule has 5 aromatic rings. The minimum atomic E-state index is 0.596. The molecule has 0 aliphatic rings. The van der Waals surface area contributed by atoms with Crippen molar-refractivity contribution in [3.63, 3.8) is 0 Å². The van der Waals surface area contributed by atoms with Crippen molar-refractivity contribution >= 4 is 49.4 Å². The molecule has 7 heteroatoms. The van der Waals surface area contributed by atoms with Gasteiger partial charge >= 0.3 is 0 Å². The summed E-state index contributed by atoms with van der Waals surface area (Å²) in [5, 5.41) is 5.20. The molecule has 0 atom stereocenters. The topological polar surface area (TPSA) is 56.0 Å². The molecule has 2 aromatic carbocycles.